The summed E-state index contributed by atoms with van der Waals surface area (Å²) in [6.45, 7) is 3.83. The molecule has 1 aromatic carbocycles. The van der Waals surface area contributed by atoms with E-state index in [2.05, 4.69) is 21.2 Å². The zero-order chi connectivity index (χ0) is 15.4. The number of nitrogens with two attached hydrogens (primary N) is 1. The smallest absolute Gasteiger partial charge is 0.251 e. The van der Waals surface area contributed by atoms with E-state index in [0.717, 1.165) is 36.0 Å². The number of nitrogens with zero attached hydrogens (tertiary/aromatic N) is 1. The number of piperidine rings is 1. The van der Waals surface area contributed by atoms with Gasteiger partial charge in [-0.3, -0.25) is 14.5 Å². The fourth-order valence-corrected chi connectivity index (χ4v) is 2.76. The van der Waals surface area contributed by atoms with Crippen LogP contribution in [0.1, 0.15) is 28.8 Å². The Hall–Kier alpha value is -1.40. The van der Waals surface area contributed by atoms with E-state index in [9.17, 15) is 9.59 Å². The van der Waals surface area contributed by atoms with Gasteiger partial charge in [0.25, 0.3) is 5.91 Å². The molecule has 2 amide bonds. The number of benzene rings is 1. The molecule has 3 N–H and O–H groups in total. The number of amides is 2. The third kappa shape index (κ3) is 4.54. The van der Waals surface area contributed by atoms with Crippen LogP contribution in [0.15, 0.2) is 22.7 Å². The van der Waals surface area contributed by atoms with Gasteiger partial charge in [0, 0.05) is 29.2 Å². The van der Waals surface area contributed by atoms with Crippen molar-refractivity contribution in [1.82, 2.24) is 10.2 Å². The van der Waals surface area contributed by atoms with Crippen LogP contribution in [-0.4, -0.2) is 42.4 Å². The predicted molar refractivity (Wildman–Crippen MR) is 85.0 cm³/mol. The molecule has 6 heteroatoms. The lowest BCUT2D eigenvalue weighted by atomic mass is 10.0. The number of nitrogens with one attached hydrogen (secondary N) is 1. The number of hydrogen-bond acceptors (Lipinski definition) is 3. The Balaban J connectivity index is 1.86. The summed E-state index contributed by atoms with van der Waals surface area (Å²) in [4.78, 5) is 25.1. The number of carbonyl (C=O) groups is 2. The molecule has 0 aliphatic carbocycles. The average molecular weight is 354 g/mol. The van der Waals surface area contributed by atoms with Gasteiger partial charge >= 0.3 is 0 Å². The summed E-state index contributed by atoms with van der Waals surface area (Å²) in [6, 6.07) is 5.74. The van der Waals surface area contributed by atoms with Crippen LogP contribution >= 0.6 is 15.9 Å². The zero-order valence-electron chi connectivity index (χ0n) is 12.1. The zero-order valence-corrected chi connectivity index (χ0v) is 13.6. The fraction of sp³-hybridized carbons (Fsp3) is 0.467. The van der Waals surface area contributed by atoms with Crippen LogP contribution in [0.4, 0.5) is 0 Å². The highest BCUT2D eigenvalue weighted by Crippen LogP contribution is 2.17. The molecule has 0 bridgehead atoms. The molecule has 1 saturated heterocycles. The van der Waals surface area contributed by atoms with Crippen molar-refractivity contribution >= 4 is 27.7 Å². The van der Waals surface area contributed by atoms with Crippen molar-refractivity contribution in [3.63, 3.8) is 0 Å². The molecule has 0 aromatic heterocycles. The summed E-state index contributed by atoms with van der Waals surface area (Å²) < 4.78 is 0.999. The molecule has 21 heavy (non-hydrogen) atoms. The van der Waals surface area contributed by atoms with Gasteiger partial charge in [0.1, 0.15) is 0 Å². The minimum absolute atomic E-state index is 0.0426. The second-order valence-electron chi connectivity index (χ2n) is 5.45. The molecule has 0 saturated carbocycles. The predicted octanol–water partition coefficient (Wildman–Crippen LogP) is 1.44. The van der Waals surface area contributed by atoms with Gasteiger partial charge in [-0.2, -0.15) is 0 Å². The van der Waals surface area contributed by atoms with Crippen molar-refractivity contribution in [3.8, 4) is 0 Å². The van der Waals surface area contributed by atoms with Gasteiger partial charge in [-0.1, -0.05) is 15.9 Å². The first kappa shape index (κ1) is 16.0. The fourth-order valence-electron chi connectivity index (χ4n) is 2.51. The molecule has 1 heterocycles. The monoisotopic (exact) mass is 353 g/mol. The molecule has 0 unspecified atom stereocenters. The number of hydrogen-bond donors (Lipinski definition) is 2. The number of halogens is 1. The van der Waals surface area contributed by atoms with E-state index in [1.165, 1.54) is 0 Å². The van der Waals surface area contributed by atoms with Crippen molar-refractivity contribution in [3.05, 3.63) is 33.8 Å². The van der Waals surface area contributed by atoms with Crippen LogP contribution in [0, 0.1) is 6.92 Å². The second-order valence-corrected chi connectivity index (χ2v) is 6.31. The summed E-state index contributed by atoms with van der Waals surface area (Å²) in [7, 11) is 0. The first-order chi connectivity index (χ1) is 9.95. The standard InChI is InChI=1S/C15H20BrN3O2/c1-10-8-11(2-3-13(10)16)15(21)18-12-4-6-19(7-5-12)9-14(17)20/h2-3,8,12H,4-7,9H2,1H3,(H2,17,20)(H,18,21). The minimum atomic E-state index is -0.303. The molecule has 1 aliphatic rings. The van der Waals surface area contributed by atoms with Crippen molar-refractivity contribution in [1.29, 1.82) is 0 Å². The van der Waals surface area contributed by atoms with Gasteiger partial charge in [0.15, 0.2) is 0 Å². The van der Waals surface area contributed by atoms with E-state index >= 15 is 0 Å². The van der Waals surface area contributed by atoms with Crippen molar-refractivity contribution < 1.29 is 9.59 Å². The normalized spacial score (nSPS) is 16.7. The molecule has 5 nitrogen and oxygen atoms in total. The number of rotatable bonds is 4. The summed E-state index contributed by atoms with van der Waals surface area (Å²) in [5.41, 5.74) is 6.90. The summed E-state index contributed by atoms with van der Waals surface area (Å²) in [5.74, 6) is -0.346. The lowest BCUT2D eigenvalue weighted by Crippen LogP contribution is -2.46. The average Bonchev–Trinajstić information content (AvgIpc) is 2.43. The summed E-state index contributed by atoms with van der Waals surface area (Å²) in [6.07, 6.45) is 1.68. The van der Waals surface area contributed by atoms with Gasteiger partial charge in [-0.05, 0) is 43.5 Å². The molecule has 2 rings (SSSR count). The van der Waals surface area contributed by atoms with Crippen LogP contribution in [0.3, 0.4) is 0 Å². The van der Waals surface area contributed by atoms with Gasteiger partial charge in [0.05, 0.1) is 6.54 Å². The highest BCUT2D eigenvalue weighted by molar-refractivity contribution is 9.10. The highest BCUT2D eigenvalue weighted by atomic mass is 79.9. The van der Waals surface area contributed by atoms with E-state index in [4.69, 9.17) is 5.73 Å². The topological polar surface area (TPSA) is 75.4 Å². The summed E-state index contributed by atoms with van der Waals surface area (Å²) in [5, 5.41) is 3.06. The maximum absolute atomic E-state index is 12.2. The van der Waals surface area contributed by atoms with E-state index in [-0.39, 0.29) is 17.9 Å². The number of aryl methyl sites for hydroxylation is 1. The third-order valence-electron chi connectivity index (χ3n) is 3.72. The molecule has 1 aromatic rings. The van der Waals surface area contributed by atoms with E-state index in [1.54, 1.807) is 0 Å². The van der Waals surface area contributed by atoms with Gasteiger partial charge in [-0.15, -0.1) is 0 Å². The maximum atomic E-state index is 12.2. The molecular weight excluding hydrogens is 334 g/mol. The Labute approximate surface area is 133 Å². The van der Waals surface area contributed by atoms with Gasteiger partial charge in [-0.25, -0.2) is 0 Å². The van der Waals surface area contributed by atoms with Crippen molar-refractivity contribution in [2.45, 2.75) is 25.8 Å². The van der Waals surface area contributed by atoms with Gasteiger partial charge in [0.2, 0.25) is 5.91 Å². The van der Waals surface area contributed by atoms with E-state index < -0.39 is 0 Å². The quantitative estimate of drug-likeness (QED) is 0.859. The Morgan fingerprint density at radius 3 is 2.62 bits per heavy atom. The van der Waals surface area contributed by atoms with Gasteiger partial charge < -0.3 is 11.1 Å². The first-order valence-corrected chi connectivity index (χ1v) is 7.82. The van der Waals surface area contributed by atoms with Crippen LogP contribution < -0.4 is 11.1 Å². The van der Waals surface area contributed by atoms with E-state index in [1.807, 2.05) is 30.0 Å². The molecule has 0 atom stereocenters. The second kappa shape index (κ2) is 7.04. The van der Waals surface area contributed by atoms with Crippen molar-refractivity contribution in [2.24, 2.45) is 5.73 Å². The molecule has 0 radical (unpaired) electrons. The Kier molecular flexibility index (Phi) is 5.36. The number of primary amides is 1. The lowest BCUT2D eigenvalue weighted by Gasteiger charge is -2.31. The summed E-state index contributed by atoms with van der Waals surface area (Å²) >= 11 is 3.43. The molecule has 114 valence electrons. The first-order valence-electron chi connectivity index (χ1n) is 7.03. The van der Waals surface area contributed by atoms with E-state index in [0.29, 0.717) is 12.1 Å². The molecule has 1 fully saturated rings. The molecule has 0 spiro atoms. The SMILES string of the molecule is Cc1cc(C(=O)NC2CCN(CC(N)=O)CC2)ccc1Br. The van der Waals surface area contributed by atoms with Crippen LogP contribution in [0.25, 0.3) is 0 Å². The Morgan fingerprint density at radius 1 is 1.38 bits per heavy atom. The molecule has 1 aliphatic heterocycles. The minimum Gasteiger partial charge on any atom is -0.369 e. The number of likely N-dealkylation sites (tertiary alicyclic amines) is 1. The maximum Gasteiger partial charge on any atom is 0.251 e. The largest absolute Gasteiger partial charge is 0.369 e. The van der Waals surface area contributed by atoms with Crippen molar-refractivity contribution in [2.75, 3.05) is 19.6 Å². The van der Waals surface area contributed by atoms with Crippen LogP contribution in [0.5, 0.6) is 0 Å². The Morgan fingerprint density at radius 2 is 2.05 bits per heavy atom. The highest BCUT2D eigenvalue weighted by Gasteiger charge is 2.21. The van der Waals surface area contributed by atoms with Crippen LogP contribution in [0.2, 0.25) is 0 Å². The van der Waals surface area contributed by atoms with Crippen LogP contribution in [-0.2, 0) is 4.79 Å². The lowest BCUT2D eigenvalue weighted by molar-refractivity contribution is -0.119. The number of carbonyl (C=O) groups excluding carboxylic acids is 2. The Bertz CT molecular complexity index is 540. The molecular formula is C15H20BrN3O2. The third-order valence-corrected chi connectivity index (χ3v) is 4.61.